The quantitative estimate of drug-likeness (QED) is 0.793. The van der Waals surface area contributed by atoms with E-state index in [2.05, 4.69) is 20.8 Å². The van der Waals surface area contributed by atoms with Crippen LogP contribution in [-0.4, -0.2) is 49.3 Å². The molecule has 20 heavy (non-hydrogen) atoms. The molecule has 2 fully saturated rings. The second-order valence-corrected chi connectivity index (χ2v) is 10.2. The van der Waals surface area contributed by atoms with Gasteiger partial charge in [0.15, 0.2) is 0 Å². The summed E-state index contributed by atoms with van der Waals surface area (Å²) >= 11 is 4.74. The van der Waals surface area contributed by atoms with E-state index in [9.17, 15) is 8.42 Å². The number of piperazine rings is 1. The molecule has 0 amide bonds. The van der Waals surface area contributed by atoms with Gasteiger partial charge in [-0.1, -0.05) is 0 Å². The number of fused-ring (bicyclic) bond motifs is 1. The largest absolute Gasteiger partial charge is 0.297 e. The summed E-state index contributed by atoms with van der Waals surface area (Å²) < 4.78 is 28.8. The van der Waals surface area contributed by atoms with Gasteiger partial charge in [-0.15, -0.1) is 11.3 Å². The number of nitrogens with zero attached hydrogens (tertiary/aromatic N) is 2. The molecule has 0 N–H and O–H groups in total. The molecule has 0 bridgehead atoms. The molecule has 2 saturated heterocycles. The molecule has 0 aliphatic carbocycles. The zero-order valence-corrected chi connectivity index (χ0v) is 14.9. The Morgan fingerprint density at radius 3 is 2.80 bits per heavy atom. The molecule has 1 aromatic rings. The molecule has 3 rings (SSSR count). The SMILES string of the molecule is Cc1cc(S(=O)(=O)N2CC3CCCN3CC2C)sc1Br. The standard InChI is InChI=1S/C13H19BrN2O2S2/c1-9-6-12(19-13(9)14)20(17,18)16-8-11-4-3-5-15(11)7-10(16)2/h6,10-11H,3-5,7-8H2,1-2H3. The van der Waals surface area contributed by atoms with Crippen molar-refractivity contribution in [3.8, 4) is 0 Å². The Hall–Kier alpha value is 0.0500. The molecule has 1 aromatic heterocycles. The van der Waals surface area contributed by atoms with E-state index in [-0.39, 0.29) is 6.04 Å². The number of hydrogen-bond acceptors (Lipinski definition) is 4. The molecule has 7 heteroatoms. The highest BCUT2D eigenvalue weighted by Gasteiger charge is 2.40. The van der Waals surface area contributed by atoms with Gasteiger partial charge >= 0.3 is 0 Å². The lowest BCUT2D eigenvalue weighted by Gasteiger charge is -2.41. The molecule has 0 aromatic carbocycles. The van der Waals surface area contributed by atoms with Gasteiger partial charge in [0.05, 0.1) is 3.79 Å². The second kappa shape index (κ2) is 5.35. The Balaban J connectivity index is 1.90. The van der Waals surface area contributed by atoms with Crippen molar-refractivity contribution in [2.75, 3.05) is 19.6 Å². The zero-order chi connectivity index (χ0) is 14.5. The van der Waals surface area contributed by atoms with Crippen LogP contribution in [0.2, 0.25) is 0 Å². The van der Waals surface area contributed by atoms with Crippen LogP contribution in [0.15, 0.2) is 14.1 Å². The summed E-state index contributed by atoms with van der Waals surface area (Å²) in [4.78, 5) is 2.44. The smallest absolute Gasteiger partial charge is 0.252 e. The van der Waals surface area contributed by atoms with Gasteiger partial charge in [-0.05, 0) is 60.8 Å². The molecule has 0 radical (unpaired) electrons. The van der Waals surface area contributed by atoms with Gasteiger partial charge in [0.25, 0.3) is 10.0 Å². The van der Waals surface area contributed by atoms with Gasteiger partial charge in [0, 0.05) is 25.2 Å². The third kappa shape index (κ3) is 2.47. The molecule has 0 saturated carbocycles. The van der Waals surface area contributed by atoms with Crippen molar-refractivity contribution >= 4 is 37.3 Å². The number of hydrogen-bond donors (Lipinski definition) is 0. The maximum absolute atomic E-state index is 12.8. The van der Waals surface area contributed by atoms with E-state index in [0.29, 0.717) is 16.8 Å². The van der Waals surface area contributed by atoms with Crippen LogP contribution >= 0.6 is 27.3 Å². The summed E-state index contributed by atoms with van der Waals surface area (Å²) in [6, 6.07) is 2.23. The minimum atomic E-state index is -3.36. The van der Waals surface area contributed by atoms with Crippen molar-refractivity contribution in [3.05, 3.63) is 15.4 Å². The number of sulfonamides is 1. The van der Waals surface area contributed by atoms with Crippen molar-refractivity contribution in [3.63, 3.8) is 0 Å². The van der Waals surface area contributed by atoms with Gasteiger partial charge in [-0.3, -0.25) is 4.90 Å². The minimum absolute atomic E-state index is 0.0514. The van der Waals surface area contributed by atoms with E-state index in [1.165, 1.54) is 17.8 Å². The highest BCUT2D eigenvalue weighted by atomic mass is 79.9. The van der Waals surface area contributed by atoms with Crippen molar-refractivity contribution in [1.29, 1.82) is 0 Å². The summed E-state index contributed by atoms with van der Waals surface area (Å²) in [5, 5.41) is 0. The average Bonchev–Trinajstić information content (AvgIpc) is 2.95. The topological polar surface area (TPSA) is 40.6 Å². The number of thiophene rings is 1. The molecular weight excluding hydrogens is 360 g/mol. The Labute approximate surface area is 132 Å². The predicted octanol–water partition coefficient (Wildman–Crippen LogP) is 2.68. The van der Waals surface area contributed by atoms with Crippen LogP contribution < -0.4 is 0 Å². The van der Waals surface area contributed by atoms with Gasteiger partial charge in [-0.2, -0.15) is 4.31 Å². The van der Waals surface area contributed by atoms with Crippen LogP contribution in [-0.2, 0) is 10.0 Å². The first-order valence-electron chi connectivity index (χ1n) is 6.91. The van der Waals surface area contributed by atoms with E-state index in [0.717, 1.165) is 28.9 Å². The first-order chi connectivity index (χ1) is 9.39. The van der Waals surface area contributed by atoms with Crippen molar-refractivity contribution in [2.45, 2.75) is 43.0 Å². The lowest BCUT2D eigenvalue weighted by Crippen LogP contribution is -2.56. The molecule has 2 aliphatic rings. The summed E-state index contributed by atoms with van der Waals surface area (Å²) in [5.41, 5.74) is 0.987. The summed E-state index contributed by atoms with van der Waals surface area (Å²) in [6.07, 6.45) is 2.31. The van der Waals surface area contributed by atoms with E-state index >= 15 is 0 Å². The Morgan fingerprint density at radius 2 is 2.15 bits per heavy atom. The fourth-order valence-corrected chi connectivity index (χ4v) is 7.19. The third-order valence-corrected chi connectivity index (χ3v) is 8.84. The van der Waals surface area contributed by atoms with Crippen LogP contribution in [0.4, 0.5) is 0 Å². The Bertz CT molecular complexity index is 594. The van der Waals surface area contributed by atoms with E-state index < -0.39 is 10.0 Å². The van der Waals surface area contributed by atoms with Crippen LogP contribution in [0.25, 0.3) is 0 Å². The van der Waals surface area contributed by atoms with Crippen molar-refractivity contribution in [2.24, 2.45) is 0 Å². The van der Waals surface area contributed by atoms with Crippen LogP contribution in [0.1, 0.15) is 25.3 Å². The molecule has 3 heterocycles. The van der Waals surface area contributed by atoms with Gasteiger partial charge in [0.1, 0.15) is 4.21 Å². The highest BCUT2D eigenvalue weighted by molar-refractivity contribution is 9.11. The fraction of sp³-hybridized carbons (Fsp3) is 0.692. The van der Waals surface area contributed by atoms with Gasteiger partial charge in [0.2, 0.25) is 0 Å². The predicted molar refractivity (Wildman–Crippen MR) is 84.7 cm³/mol. The maximum Gasteiger partial charge on any atom is 0.252 e. The first-order valence-corrected chi connectivity index (χ1v) is 9.96. The summed E-state index contributed by atoms with van der Waals surface area (Å²) in [6.45, 7) is 6.56. The van der Waals surface area contributed by atoms with E-state index in [4.69, 9.17) is 0 Å². The van der Waals surface area contributed by atoms with E-state index in [1.807, 2.05) is 13.8 Å². The first kappa shape index (κ1) is 15.0. The highest BCUT2D eigenvalue weighted by Crippen LogP contribution is 2.35. The van der Waals surface area contributed by atoms with Gasteiger partial charge < -0.3 is 0 Å². The lowest BCUT2D eigenvalue weighted by molar-refractivity contribution is 0.117. The maximum atomic E-state index is 12.8. The number of halogens is 1. The molecule has 112 valence electrons. The van der Waals surface area contributed by atoms with Crippen LogP contribution in [0, 0.1) is 6.92 Å². The van der Waals surface area contributed by atoms with Crippen LogP contribution in [0.5, 0.6) is 0 Å². The average molecular weight is 379 g/mol. The van der Waals surface area contributed by atoms with Gasteiger partial charge in [-0.25, -0.2) is 8.42 Å². The molecule has 2 aliphatic heterocycles. The minimum Gasteiger partial charge on any atom is -0.297 e. The lowest BCUT2D eigenvalue weighted by atomic mass is 10.1. The molecule has 2 unspecified atom stereocenters. The molecule has 4 nitrogen and oxygen atoms in total. The van der Waals surface area contributed by atoms with Crippen molar-refractivity contribution < 1.29 is 8.42 Å². The Morgan fingerprint density at radius 1 is 1.40 bits per heavy atom. The third-order valence-electron chi connectivity index (χ3n) is 4.28. The van der Waals surface area contributed by atoms with E-state index in [1.54, 1.807) is 10.4 Å². The zero-order valence-electron chi connectivity index (χ0n) is 11.7. The normalized spacial score (nSPS) is 28.8. The molecule has 0 spiro atoms. The summed E-state index contributed by atoms with van der Waals surface area (Å²) in [7, 11) is -3.36. The summed E-state index contributed by atoms with van der Waals surface area (Å²) in [5.74, 6) is 0. The number of rotatable bonds is 2. The Kier molecular flexibility index (Phi) is 4.01. The van der Waals surface area contributed by atoms with Crippen LogP contribution in [0.3, 0.4) is 0 Å². The molecular formula is C13H19BrN2O2S2. The fourth-order valence-electron chi connectivity index (χ4n) is 3.17. The van der Waals surface area contributed by atoms with Crippen molar-refractivity contribution in [1.82, 2.24) is 9.21 Å². The number of aryl methyl sites for hydroxylation is 1. The monoisotopic (exact) mass is 378 g/mol. The second-order valence-electron chi connectivity index (χ2n) is 5.74. The molecule has 2 atom stereocenters.